The van der Waals surface area contributed by atoms with Gasteiger partial charge in [-0.1, -0.05) is 6.92 Å². The quantitative estimate of drug-likeness (QED) is 0.723. The molecule has 1 aliphatic rings. The molecule has 1 amide bonds. The molecule has 4 heterocycles. The van der Waals surface area contributed by atoms with Gasteiger partial charge in [0, 0.05) is 49.0 Å². The van der Waals surface area contributed by atoms with Gasteiger partial charge < -0.3 is 16.0 Å². The summed E-state index contributed by atoms with van der Waals surface area (Å²) in [5, 5.41) is 3.48. The number of nitrogen functional groups attached to an aromatic ring is 1. The highest BCUT2D eigenvalue weighted by Crippen LogP contribution is 2.38. The molecule has 1 aliphatic heterocycles. The molecular formula is C19H22N6OS. The molecule has 140 valence electrons. The minimum Gasteiger partial charge on any atom is -0.397 e. The van der Waals surface area contributed by atoms with Gasteiger partial charge in [0.05, 0.1) is 11.9 Å². The summed E-state index contributed by atoms with van der Waals surface area (Å²) in [6.45, 7) is 4.02. The van der Waals surface area contributed by atoms with E-state index in [2.05, 4.69) is 27.1 Å². The SMILES string of the molecule is CNC(=O)c1sc2nc([C@@]3(C)CCCN(c4cnccn4)C3)ccc2c1N. The Hall–Kier alpha value is -2.74. The van der Waals surface area contributed by atoms with Crippen LogP contribution in [0.25, 0.3) is 10.2 Å². The van der Waals surface area contributed by atoms with E-state index in [4.69, 9.17) is 10.7 Å². The molecule has 8 heteroatoms. The van der Waals surface area contributed by atoms with Gasteiger partial charge in [-0.3, -0.25) is 9.78 Å². The van der Waals surface area contributed by atoms with Crippen LogP contribution in [0.1, 0.15) is 35.1 Å². The number of nitrogens with zero attached hydrogens (tertiary/aromatic N) is 4. The first kappa shape index (κ1) is 17.7. The molecule has 4 rings (SSSR count). The van der Waals surface area contributed by atoms with Crippen LogP contribution in [-0.2, 0) is 5.41 Å². The van der Waals surface area contributed by atoms with Crippen LogP contribution in [0.3, 0.4) is 0 Å². The zero-order valence-electron chi connectivity index (χ0n) is 15.4. The minimum atomic E-state index is -0.172. The van der Waals surface area contributed by atoms with Crippen LogP contribution in [0, 0.1) is 0 Å². The van der Waals surface area contributed by atoms with Crippen LogP contribution in [0.5, 0.6) is 0 Å². The molecule has 0 saturated carbocycles. The number of rotatable bonds is 3. The number of nitrogens with one attached hydrogen (secondary N) is 1. The maximum Gasteiger partial charge on any atom is 0.263 e. The van der Waals surface area contributed by atoms with Gasteiger partial charge in [-0.05, 0) is 25.0 Å². The number of thiophene rings is 1. The van der Waals surface area contributed by atoms with Gasteiger partial charge >= 0.3 is 0 Å². The zero-order valence-corrected chi connectivity index (χ0v) is 16.2. The van der Waals surface area contributed by atoms with E-state index in [1.807, 2.05) is 12.1 Å². The van der Waals surface area contributed by atoms with Gasteiger partial charge in [-0.2, -0.15) is 0 Å². The standard InChI is InChI=1S/C19H22N6OS/c1-19(6-3-9-25(11-19)14-10-22-7-8-23-14)13-5-4-12-15(20)16(17(26)21-2)27-18(12)24-13/h4-5,7-8,10H,3,6,9,11,20H2,1-2H3,(H,21,26)/t19-/m0/s1. The molecule has 0 unspecified atom stereocenters. The molecule has 1 saturated heterocycles. The second-order valence-corrected chi connectivity index (χ2v) is 8.12. The average molecular weight is 382 g/mol. The highest BCUT2D eigenvalue weighted by atomic mass is 32.1. The molecule has 3 aromatic rings. The van der Waals surface area contributed by atoms with E-state index in [-0.39, 0.29) is 11.3 Å². The summed E-state index contributed by atoms with van der Waals surface area (Å²) in [5.74, 6) is 0.724. The third kappa shape index (κ3) is 3.10. The Morgan fingerprint density at radius 3 is 2.96 bits per heavy atom. The number of hydrogen-bond acceptors (Lipinski definition) is 7. The number of aromatic nitrogens is 3. The maximum atomic E-state index is 12.0. The summed E-state index contributed by atoms with van der Waals surface area (Å²) >= 11 is 1.35. The van der Waals surface area contributed by atoms with Crippen molar-refractivity contribution in [2.45, 2.75) is 25.2 Å². The van der Waals surface area contributed by atoms with Gasteiger partial charge in [0.15, 0.2) is 0 Å². The highest BCUT2D eigenvalue weighted by Gasteiger charge is 2.35. The Morgan fingerprint density at radius 1 is 1.37 bits per heavy atom. The smallest absolute Gasteiger partial charge is 0.263 e. The fraction of sp³-hybridized carbons (Fsp3) is 0.368. The molecule has 1 atom stereocenters. The van der Waals surface area contributed by atoms with Crippen LogP contribution >= 0.6 is 11.3 Å². The summed E-state index contributed by atoms with van der Waals surface area (Å²) in [6, 6.07) is 4.03. The van der Waals surface area contributed by atoms with E-state index in [0.717, 1.165) is 47.7 Å². The lowest BCUT2D eigenvalue weighted by Crippen LogP contribution is -2.45. The van der Waals surface area contributed by atoms with Gasteiger partial charge in [0.1, 0.15) is 15.5 Å². The van der Waals surface area contributed by atoms with Crippen LogP contribution in [0.2, 0.25) is 0 Å². The fourth-order valence-corrected chi connectivity index (χ4v) is 4.75. The highest BCUT2D eigenvalue weighted by molar-refractivity contribution is 7.21. The molecule has 1 fully saturated rings. The van der Waals surface area contributed by atoms with Crippen molar-refractivity contribution in [1.29, 1.82) is 0 Å². The topological polar surface area (TPSA) is 97.0 Å². The summed E-state index contributed by atoms with van der Waals surface area (Å²) in [5.41, 5.74) is 7.58. The zero-order chi connectivity index (χ0) is 19.0. The summed E-state index contributed by atoms with van der Waals surface area (Å²) in [6.07, 6.45) is 7.32. The summed E-state index contributed by atoms with van der Waals surface area (Å²) in [4.78, 5) is 29.1. The number of hydrogen-bond donors (Lipinski definition) is 2. The lowest BCUT2D eigenvalue weighted by molar-refractivity contribution is 0.0968. The monoisotopic (exact) mass is 382 g/mol. The second kappa shape index (κ2) is 6.77. The summed E-state index contributed by atoms with van der Waals surface area (Å²) < 4.78 is 0. The largest absolute Gasteiger partial charge is 0.397 e. The summed E-state index contributed by atoms with van der Waals surface area (Å²) in [7, 11) is 1.61. The second-order valence-electron chi connectivity index (χ2n) is 7.12. The van der Waals surface area contributed by atoms with Crippen LogP contribution in [0.4, 0.5) is 11.5 Å². The fourth-order valence-electron chi connectivity index (χ4n) is 3.71. The van der Waals surface area contributed by atoms with Crippen molar-refractivity contribution in [2.24, 2.45) is 0 Å². The van der Waals surface area contributed by atoms with E-state index in [0.29, 0.717) is 10.6 Å². The number of fused-ring (bicyclic) bond motifs is 1. The molecule has 0 radical (unpaired) electrons. The first-order valence-electron chi connectivity index (χ1n) is 8.94. The number of piperidine rings is 1. The predicted octanol–water partition coefficient (Wildman–Crippen LogP) is 2.59. The van der Waals surface area contributed by atoms with Crippen molar-refractivity contribution in [3.05, 3.63) is 41.3 Å². The van der Waals surface area contributed by atoms with E-state index in [9.17, 15) is 4.79 Å². The normalized spacial score (nSPS) is 20.0. The predicted molar refractivity (Wildman–Crippen MR) is 108 cm³/mol. The van der Waals surface area contributed by atoms with Crippen molar-refractivity contribution >= 4 is 39.0 Å². The molecule has 0 aromatic carbocycles. The lowest BCUT2D eigenvalue weighted by atomic mass is 9.78. The Balaban J connectivity index is 1.69. The Morgan fingerprint density at radius 2 is 2.22 bits per heavy atom. The average Bonchev–Trinajstić information content (AvgIpc) is 3.04. The molecule has 3 aromatic heterocycles. The lowest BCUT2D eigenvalue weighted by Gasteiger charge is -2.40. The van der Waals surface area contributed by atoms with E-state index >= 15 is 0 Å². The number of amides is 1. The molecule has 27 heavy (non-hydrogen) atoms. The Kier molecular flexibility index (Phi) is 4.43. The first-order valence-corrected chi connectivity index (χ1v) is 9.76. The molecule has 7 nitrogen and oxygen atoms in total. The molecule has 0 spiro atoms. The van der Waals surface area contributed by atoms with Crippen LogP contribution < -0.4 is 16.0 Å². The van der Waals surface area contributed by atoms with Gasteiger partial charge in [0.2, 0.25) is 0 Å². The number of anilines is 2. The third-order valence-corrected chi connectivity index (χ3v) is 6.33. The molecule has 0 aliphatic carbocycles. The third-order valence-electron chi connectivity index (χ3n) is 5.22. The molecule has 3 N–H and O–H groups in total. The first-order chi connectivity index (χ1) is 13.0. The minimum absolute atomic E-state index is 0.101. The van der Waals surface area contributed by atoms with Gasteiger partial charge in [-0.25, -0.2) is 9.97 Å². The van der Waals surface area contributed by atoms with E-state index < -0.39 is 0 Å². The number of nitrogens with two attached hydrogens (primary N) is 1. The van der Waals surface area contributed by atoms with E-state index in [1.54, 1.807) is 25.6 Å². The van der Waals surface area contributed by atoms with Crippen molar-refractivity contribution < 1.29 is 4.79 Å². The van der Waals surface area contributed by atoms with Crippen LogP contribution in [0.15, 0.2) is 30.7 Å². The molecule has 0 bridgehead atoms. The van der Waals surface area contributed by atoms with Gasteiger partial charge in [-0.15, -0.1) is 11.3 Å². The van der Waals surface area contributed by atoms with Crippen molar-refractivity contribution in [3.63, 3.8) is 0 Å². The van der Waals surface area contributed by atoms with Crippen molar-refractivity contribution in [3.8, 4) is 0 Å². The Labute approximate surface area is 161 Å². The number of pyridine rings is 1. The van der Waals surface area contributed by atoms with Crippen molar-refractivity contribution in [1.82, 2.24) is 20.3 Å². The number of carbonyl (C=O) groups excluding carboxylic acids is 1. The Bertz CT molecular complexity index is 989. The molecular weight excluding hydrogens is 360 g/mol. The van der Waals surface area contributed by atoms with E-state index in [1.165, 1.54) is 11.3 Å². The van der Waals surface area contributed by atoms with Crippen LogP contribution in [-0.4, -0.2) is 41.0 Å². The number of carbonyl (C=O) groups is 1. The van der Waals surface area contributed by atoms with Crippen molar-refractivity contribution in [2.75, 3.05) is 30.8 Å². The van der Waals surface area contributed by atoms with Gasteiger partial charge in [0.25, 0.3) is 5.91 Å². The maximum absolute atomic E-state index is 12.0.